The minimum atomic E-state index is -0.605. The van der Waals surface area contributed by atoms with Gasteiger partial charge in [-0.2, -0.15) is 5.10 Å². The molecule has 146 valence electrons. The van der Waals surface area contributed by atoms with Gasteiger partial charge in [0.2, 0.25) is 0 Å². The second-order valence-electron chi connectivity index (χ2n) is 7.21. The van der Waals surface area contributed by atoms with Crippen molar-refractivity contribution < 1.29 is 23.9 Å². The predicted molar refractivity (Wildman–Crippen MR) is 91.7 cm³/mol. The zero-order chi connectivity index (χ0) is 19.5. The molecule has 0 saturated carbocycles. The molecule has 1 fully saturated rings. The van der Waals surface area contributed by atoms with Gasteiger partial charge in [-0.15, -0.1) is 0 Å². The molecule has 1 saturated heterocycles. The lowest BCUT2D eigenvalue weighted by Gasteiger charge is -2.27. The van der Waals surface area contributed by atoms with E-state index in [0.717, 1.165) is 0 Å². The first kappa shape index (κ1) is 20.1. The molecule has 2 rings (SSSR count). The molecular weight excluding hydrogens is 344 g/mol. The highest BCUT2D eigenvalue weighted by molar-refractivity contribution is 5.68. The van der Waals surface area contributed by atoms with E-state index >= 15 is 0 Å². The number of carbonyl (C=O) groups is 1. The van der Waals surface area contributed by atoms with Crippen LogP contribution in [0.15, 0.2) is 6.20 Å². The molecule has 10 nitrogen and oxygen atoms in total. The third-order valence-electron chi connectivity index (χ3n) is 4.11. The highest BCUT2D eigenvalue weighted by atomic mass is 16.6. The summed E-state index contributed by atoms with van der Waals surface area (Å²) in [5, 5.41) is 18.0. The van der Waals surface area contributed by atoms with Crippen molar-refractivity contribution in [2.45, 2.75) is 57.5 Å². The lowest BCUT2D eigenvalue weighted by Crippen LogP contribution is -2.46. The van der Waals surface area contributed by atoms with Crippen molar-refractivity contribution in [3.05, 3.63) is 22.0 Å². The molecule has 0 radical (unpaired) electrons. The number of nitrogens with zero attached hydrogens (tertiary/aromatic N) is 3. The summed E-state index contributed by atoms with van der Waals surface area (Å²) in [5.74, 6) is 0. The summed E-state index contributed by atoms with van der Waals surface area (Å²) < 4.78 is 18.1. The van der Waals surface area contributed by atoms with E-state index in [2.05, 4.69) is 10.4 Å². The number of alkyl carbamates (subject to hydrolysis) is 1. The number of hydrogen-bond acceptors (Lipinski definition) is 7. The lowest BCUT2D eigenvalue weighted by atomic mass is 10.0. The van der Waals surface area contributed by atoms with E-state index in [4.69, 9.17) is 14.2 Å². The van der Waals surface area contributed by atoms with Crippen LogP contribution in [0.2, 0.25) is 0 Å². The quantitative estimate of drug-likeness (QED) is 0.637. The molecule has 10 heteroatoms. The molecule has 3 unspecified atom stereocenters. The number of aryl methyl sites for hydroxylation is 1. The van der Waals surface area contributed by atoms with Gasteiger partial charge in [-0.1, -0.05) is 0 Å². The van der Waals surface area contributed by atoms with Gasteiger partial charge in [0.1, 0.15) is 23.6 Å². The number of methoxy groups -OCH3 is 1. The zero-order valence-electron chi connectivity index (χ0n) is 15.7. The van der Waals surface area contributed by atoms with Gasteiger partial charge in [0.25, 0.3) is 0 Å². The summed E-state index contributed by atoms with van der Waals surface area (Å²) in [6, 6.07) is -0.327. The maximum Gasteiger partial charge on any atom is 0.407 e. The topological polar surface area (TPSA) is 118 Å². The van der Waals surface area contributed by atoms with E-state index < -0.39 is 22.7 Å². The third-order valence-corrected chi connectivity index (χ3v) is 4.11. The van der Waals surface area contributed by atoms with Gasteiger partial charge in [-0.05, 0) is 27.2 Å². The van der Waals surface area contributed by atoms with Crippen molar-refractivity contribution >= 4 is 11.8 Å². The van der Waals surface area contributed by atoms with Gasteiger partial charge in [0.05, 0.1) is 17.1 Å². The van der Waals surface area contributed by atoms with E-state index in [9.17, 15) is 14.9 Å². The monoisotopic (exact) mass is 370 g/mol. The Morgan fingerprint density at radius 2 is 2.19 bits per heavy atom. The molecule has 0 aromatic carbocycles. The fourth-order valence-electron chi connectivity index (χ4n) is 2.99. The Bertz CT molecular complexity index is 654. The second-order valence-corrected chi connectivity index (χ2v) is 7.21. The molecule has 1 amide bonds. The fraction of sp³-hybridized carbons (Fsp3) is 0.750. The van der Waals surface area contributed by atoms with E-state index in [1.807, 2.05) is 0 Å². The number of nitrogens with one attached hydrogen (secondary N) is 1. The summed E-state index contributed by atoms with van der Waals surface area (Å²) >= 11 is 0. The third kappa shape index (κ3) is 4.92. The smallest absolute Gasteiger partial charge is 0.407 e. The van der Waals surface area contributed by atoms with Crippen molar-refractivity contribution in [2.24, 2.45) is 7.05 Å². The summed E-state index contributed by atoms with van der Waals surface area (Å²) in [7, 11) is 3.17. The SMILES string of the molecule is COC1CC(c2c([N+](=O)[O-])cnn2C)OCCC1NC(=O)OC(C)(C)C. The minimum Gasteiger partial charge on any atom is -0.444 e. The van der Waals surface area contributed by atoms with Crippen LogP contribution in [-0.4, -0.2) is 52.3 Å². The van der Waals surface area contributed by atoms with E-state index in [1.54, 1.807) is 27.8 Å². The Labute approximate surface area is 151 Å². The molecule has 1 aromatic rings. The number of hydrogen-bond donors (Lipinski definition) is 1. The maximum atomic E-state index is 12.1. The largest absolute Gasteiger partial charge is 0.444 e. The van der Waals surface area contributed by atoms with Crippen LogP contribution < -0.4 is 5.32 Å². The first-order valence-electron chi connectivity index (χ1n) is 8.42. The lowest BCUT2D eigenvalue weighted by molar-refractivity contribution is -0.386. The van der Waals surface area contributed by atoms with E-state index in [-0.39, 0.29) is 17.8 Å². The number of carbonyl (C=O) groups excluding carboxylic acids is 1. The number of amides is 1. The highest BCUT2D eigenvalue weighted by Crippen LogP contribution is 2.34. The van der Waals surface area contributed by atoms with Crippen molar-refractivity contribution in [1.82, 2.24) is 15.1 Å². The molecule has 2 heterocycles. The van der Waals surface area contributed by atoms with Gasteiger partial charge >= 0.3 is 11.8 Å². The molecule has 1 aliphatic rings. The van der Waals surface area contributed by atoms with Crippen molar-refractivity contribution in [3.63, 3.8) is 0 Å². The second kappa shape index (κ2) is 8.00. The average molecular weight is 370 g/mol. The van der Waals surface area contributed by atoms with Crippen LogP contribution in [-0.2, 0) is 21.3 Å². The van der Waals surface area contributed by atoms with Crippen LogP contribution >= 0.6 is 0 Å². The van der Waals surface area contributed by atoms with Gasteiger partial charge in [0.15, 0.2) is 0 Å². The average Bonchev–Trinajstić information content (AvgIpc) is 2.78. The van der Waals surface area contributed by atoms with Crippen LogP contribution in [0.1, 0.15) is 45.4 Å². The molecule has 1 aromatic heterocycles. The minimum absolute atomic E-state index is 0.0918. The van der Waals surface area contributed by atoms with Gasteiger partial charge in [0, 0.05) is 27.2 Å². The van der Waals surface area contributed by atoms with Crippen LogP contribution in [0.4, 0.5) is 10.5 Å². The van der Waals surface area contributed by atoms with E-state index in [0.29, 0.717) is 25.1 Å². The Morgan fingerprint density at radius 1 is 1.50 bits per heavy atom. The number of aromatic nitrogens is 2. The Hall–Kier alpha value is -2.20. The molecule has 0 aliphatic carbocycles. The summed E-state index contributed by atoms with van der Waals surface area (Å²) in [6.07, 6.45) is 0.580. The van der Waals surface area contributed by atoms with Crippen molar-refractivity contribution in [2.75, 3.05) is 13.7 Å². The van der Waals surface area contributed by atoms with Crippen molar-refractivity contribution in [1.29, 1.82) is 0 Å². The first-order valence-corrected chi connectivity index (χ1v) is 8.42. The summed E-state index contributed by atoms with van der Waals surface area (Å²) in [4.78, 5) is 22.8. The van der Waals surface area contributed by atoms with Crippen LogP contribution in [0, 0.1) is 10.1 Å². The molecule has 1 N–H and O–H groups in total. The maximum absolute atomic E-state index is 12.1. The molecular formula is C16H26N4O6. The molecule has 0 bridgehead atoms. The first-order chi connectivity index (χ1) is 12.1. The Kier molecular flexibility index (Phi) is 6.19. The van der Waals surface area contributed by atoms with Gasteiger partial charge < -0.3 is 19.5 Å². The Balaban J connectivity index is 2.15. The molecule has 0 spiro atoms. The summed E-state index contributed by atoms with van der Waals surface area (Å²) in [6.45, 7) is 5.67. The predicted octanol–water partition coefficient (Wildman–Crippen LogP) is 2.09. The fourth-order valence-corrected chi connectivity index (χ4v) is 2.99. The van der Waals surface area contributed by atoms with Crippen LogP contribution in [0.25, 0.3) is 0 Å². The van der Waals surface area contributed by atoms with Crippen LogP contribution in [0.3, 0.4) is 0 Å². The van der Waals surface area contributed by atoms with Gasteiger partial charge in [-0.3, -0.25) is 14.8 Å². The van der Waals surface area contributed by atoms with Crippen LogP contribution in [0.5, 0.6) is 0 Å². The Morgan fingerprint density at radius 3 is 2.77 bits per heavy atom. The number of rotatable bonds is 4. The normalized spacial score (nSPS) is 24.0. The van der Waals surface area contributed by atoms with Crippen molar-refractivity contribution in [3.8, 4) is 0 Å². The molecule has 26 heavy (non-hydrogen) atoms. The standard InChI is InChI=1S/C16H26N4O6/c1-16(2,3)26-15(21)18-10-6-7-25-13(8-12(10)24-5)14-11(20(22)23)9-17-19(14)4/h9-10,12-13H,6-8H2,1-5H3,(H,18,21). The van der Waals surface area contributed by atoms with Gasteiger partial charge in [-0.25, -0.2) is 4.79 Å². The summed E-state index contributed by atoms with van der Waals surface area (Å²) in [5.41, 5.74) is -0.313. The zero-order valence-corrected chi connectivity index (χ0v) is 15.7. The number of nitro groups is 1. The van der Waals surface area contributed by atoms with E-state index in [1.165, 1.54) is 18.0 Å². The molecule has 3 atom stereocenters. The molecule has 1 aliphatic heterocycles. The highest BCUT2D eigenvalue weighted by Gasteiger charge is 2.36. The number of ether oxygens (including phenoxy) is 3.